The van der Waals surface area contributed by atoms with Gasteiger partial charge in [-0.1, -0.05) is 10.3 Å². The van der Waals surface area contributed by atoms with Crippen molar-refractivity contribution in [3.63, 3.8) is 0 Å². The topological polar surface area (TPSA) is 87.1 Å². The van der Waals surface area contributed by atoms with E-state index >= 15 is 0 Å². The normalized spacial score (nSPS) is 13.9. The molecule has 0 saturated heterocycles. The molecular weight excluding hydrogens is 344 g/mol. The highest BCUT2D eigenvalue weighted by Gasteiger charge is 2.29. The standard InChI is InChI=1S/C20H24N4O3/c1-12-10-16(19-21-14(3)26-24-19)11-13(2)18(12)25-9-5-4-6-17-22-20(27-23-17)15-7-8-15/h10-11,15H,4-9H2,1-3H3. The van der Waals surface area contributed by atoms with Crippen molar-refractivity contribution in [2.45, 2.75) is 58.8 Å². The van der Waals surface area contributed by atoms with Gasteiger partial charge in [-0.2, -0.15) is 9.97 Å². The van der Waals surface area contributed by atoms with Crippen LogP contribution in [0.15, 0.2) is 21.2 Å². The number of rotatable bonds is 8. The third-order valence-electron chi connectivity index (χ3n) is 4.70. The number of unbranched alkanes of at least 4 members (excludes halogenated alkanes) is 1. The van der Waals surface area contributed by atoms with Crippen molar-refractivity contribution >= 4 is 0 Å². The van der Waals surface area contributed by atoms with Crippen molar-refractivity contribution in [3.8, 4) is 17.1 Å². The van der Waals surface area contributed by atoms with E-state index in [2.05, 4.69) is 20.3 Å². The lowest BCUT2D eigenvalue weighted by atomic mass is 10.1. The maximum absolute atomic E-state index is 6.03. The van der Waals surface area contributed by atoms with Crippen LogP contribution in [-0.4, -0.2) is 26.9 Å². The molecule has 0 amide bonds. The maximum atomic E-state index is 6.03. The van der Waals surface area contributed by atoms with Crippen LogP contribution >= 0.6 is 0 Å². The minimum atomic E-state index is 0.514. The molecule has 0 bridgehead atoms. The first-order valence-corrected chi connectivity index (χ1v) is 9.47. The molecule has 3 aromatic rings. The van der Waals surface area contributed by atoms with E-state index in [0.717, 1.165) is 53.4 Å². The summed E-state index contributed by atoms with van der Waals surface area (Å²) in [5, 5.41) is 8.04. The predicted molar refractivity (Wildman–Crippen MR) is 98.7 cm³/mol. The van der Waals surface area contributed by atoms with Crippen molar-refractivity contribution in [1.82, 2.24) is 20.3 Å². The molecule has 0 unspecified atom stereocenters. The van der Waals surface area contributed by atoms with Crippen LogP contribution in [0.5, 0.6) is 5.75 Å². The van der Waals surface area contributed by atoms with E-state index in [4.69, 9.17) is 13.8 Å². The Morgan fingerprint density at radius 3 is 2.44 bits per heavy atom. The number of aromatic nitrogens is 4. The zero-order valence-electron chi connectivity index (χ0n) is 16.0. The van der Waals surface area contributed by atoms with Gasteiger partial charge in [0, 0.05) is 24.8 Å². The zero-order chi connectivity index (χ0) is 18.8. The minimum Gasteiger partial charge on any atom is -0.493 e. The molecule has 0 aliphatic heterocycles. The molecule has 2 heterocycles. The molecule has 1 fully saturated rings. The smallest absolute Gasteiger partial charge is 0.229 e. The number of aryl methyl sites for hydroxylation is 4. The zero-order valence-corrected chi connectivity index (χ0v) is 16.0. The van der Waals surface area contributed by atoms with Gasteiger partial charge in [0.2, 0.25) is 17.6 Å². The molecule has 0 N–H and O–H groups in total. The van der Waals surface area contributed by atoms with Gasteiger partial charge in [-0.15, -0.1) is 0 Å². The van der Waals surface area contributed by atoms with E-state index in [0.29, 0.717) is 24.2 Å². The van der Waals surface area contributed by atoms with Crippen LogP contribution in [0.2, 0.25) is 0 Å². The number of benzene rings is 1. The molecule has 4 rings (SSSR count). The molecular formula is C20H24N4O3. The molecule has 7 heteroatoms. The van der Waals surface area contributed by atoms with Gasteiger partial charge in [0.05, 0.1) is 6.61 Å². The summed E-state index contributed by atoms with van der Waals surface area (Å²) in [6, 6.07) is 4.07. The SMILES string of the molecule is Cc1nc(-c2cc(C)c(OCCCCc3noc(C4CC4)n3)c(C)c2)no1. The maximum Gasteiger partial charge on any atom is 0.229 e. The second kappa shape index (κ2) is 7.50. The first kappa shape index (κ1) is 17.7. The van der Waals surface area contributed by atoms with Crippen molar-refractivity contribution in [2.75, 3.05) is 6.61 Å². The van der Waals surface area contributed by atoms with Crippen LogP contribution in [0.4, 0.5) is 0 Å². The Bertz CT molecular complexity index is 904. The van der Waals surface area contributed by atoms with Gasteiger partial charge < -0.3 is 13.8 Å². The summed E-state index contributed by atoms with van der Waals surface area (Å²) in [7, 11) is 0. The quantitative estimate of drug-likeness (QED) is 0.547. The summed E-state index contributed by atoms with van der Waals surface area (Å²) in [6.07, 6.45) is 5.10. The Morgan fingerprint density at radius 2 is 1.78 bits per heavy atom. The highest BCUT2D eigenvalue weighted by molar-refractivity contribution is 5.60. The van der Waals surface area contributed by atoms with E-state index in [1.54, 1.807) is 6.92 Å². The first-order chi connectivity index (χ1) is 13.1. The summed E-state index contributed by atoms with van der Waals surface area (Å²) < 4.78 is 16.4. The Labute approximate surface area is 158 Å². The predicted octanol–water partition coefficient (Wildman–Crippen LogP) is 4.32. The third kappa shape index (κ3) is 4.18. The minimum absolute atomic E-state index is 0.514. The summed E-state index contributed by atoms with van der Waals surface area (Å²) in [6.45, 7) is 6.53. The summed E-state index contributed by atoms with van der Waals surface area (Å²) in [5.41, 5.74) is 3.08. The van der Waals surface area contributed by atoms with Crippen LogP contribution in [-0.2, 0) is 6.42 Å². The molecule has 0 spiro atoms. The van der Waals surface area contributed by atoms with Gasteiger partial charge in [-0.25, -0.2) is 0 Å². The van der Waals surface area contributed by atoms with Gasteiger partial charge in [0.1, 0.15) is 5.75 Å². The van der Waals surface area contributed by atoms with Crippen molar-refractivity contribution in [1.29, 1.82) is 0 Å². The average Bonchev–Trinajstić information content (AvgIpc) is 3.22. The Hall–Kier alpha value is -2.70. The number of hydrogen-bond donors (Lipinski definition) is 0. The van der Waals surface area contributed by atoms with Gasteiger partial charge in [0.15, 0.2) is 5.82 Å². The highest BCUT2D eigenvalue weighted by Crippen LogP contribution is 2.38. The fourth-order valence-electron chi connectivity index (χ4n) is 3.15. The third-order valence-corrected chi connectivity index (χ3v) is 4.70. The van der Waals surface area contributed by atoms with Crippen LogP contribution < -0.4 is 4.74 Å². The second-order valence-electron chi connectivity index (χ2n) is 7.20. The Kier molecular flexibility index (Phi) is 4.92. The van der Waals surface area contributed by atoms with Crippen LogP contribution in [0.25, 0.3) is 11.4 Å². The lowest BCUT2D eigenvalue weighted by Gasteiger charge is -2.13. The number of ether oxygens (including phenoxy) is 1. The average molecular weight is 368 g/mol. The Balaban J connectivity index is 1.28. The summed E-state index contributed by atoms with van der Waals surface area (Å²) in [4.78, 5) is 8.74. The van der Waals surface area contributed by atoms with E-state index in [1.165, 1.54) is 12.8 Å². The van der Waals surface area contributed by atoms with Crippen LogP contribution in [0.3, 0.4) is 0 Å². The molecule has 1 aliphatic rings. The van der Waals surface area contributed by atoms with Gasteiger partial charge in [-0.3, -0.25) is 0 Å². The van der Waals surface area contributed by atoms with E-state index in [-0.39, 0.29) is 0 Å². The Morgan fingerprint density at radius 1 is 1.00 bits per heavy atom. The van der Waals surface area contributed by atoms with Crippen LogP contribution in [0, 0.1) is 20.8 Å². The molecule has 0 atom stereocenters. The lowest BCUT2D eigenvalue weighted by molar-refractivity contribution is 0.302. The fraction of sp³-hybridized carbons (Fsp3) is 0.500. The number of nitrogens with zero attached hydrogens (tertiary/aromatic N) is 4. The van der Waals surface area contributed by atoms with E-state index in [1.807, 2.05) is 26.0 Å². The first-order valence-electron chi connectivity index (χ1n) is 9.47. The van der Waals surface area contributed by atoms with E-state index in [9.17, 15) is 0 Å². The second-order valence-corrected chi connectivity index (χ2v) is 7.20. The van der Waals surface area contributed by atoms with Crippen molar-refractivity contribution in [3.05, 3.63) is 40.9 Å². The van der Waals surface area contributed by atoms with Crippen molar-refractivity contribution < 1.29 is 13.8 Å². The van der Waals surface area contributed by atoms with Crippen molar-refractivity contribution in [2.24, 2.45) is 0 Å². The largest absolute Gasteiger partial charge is 0.493 e. The molecule has 142 valence electrons. The van der Waals surface area contributed by atoms with E-state index < -0.39 is 0 Å². The van der Waals surface area contributed by atoms with Gasteiger partial charge in [0.25, 0.3) is 0 Å². The molecule has 7 nitrogen and oxygen atoms in total. The monoisotopic (exact) mass is 368 g/mol. The molecule has 2 aromatic heterocycles. The lowest BCUT2D eigenvalue weighted by Crippen LogP contribution is -2.02. The van der Waals surface area contributed by atoms with Gasteiger partial charge >= 0.3 is 0 Å². The highest BCUT2D eigenvalue weighted by atomic mass is 16.5. The summed E-state index contributed by atoms with van der Waals surface area (Å²) in [5.74, 6) is 4.23. The number of hydrogen-bond acceptors (Lipinski definition) is 7. The summed E-state index contributed by atoms with van der Waals surface area (Å²) >= 11 is 0. The molecule has 1 aromatic carbocycles. The molecule has 27 heavy (non-hydrogen) atoms. The molecule has 1 aliphatic carbocycles. The van der Waals surface area contributed by atoms with Gasteiger partial charge in [-0.05, 0) is 62.8 Å². The molecule has 1 saturated carbocycles. The fourth-order valence-corrected chi connectivity index (χ4v) is 3.15. The molecule has 0 radical (unpaired) electrons. The van der Waals surface area contributed by atoms with Crippen LogP contribution in [0.1, 0.15) is 60.3 Å².